The Hall–Kier alpha value is -2.76. The molecule has 0 aliphatic heterocycles. The molecule has 3 aromatic rings. The lowest BCUT2D eigenvalue weighted by atomic mass is 10.1. The minimum Gasteiger partial charge on any atom is -0.342 e. The highest BCUT2D eigenvalue weighted by Gasteiger charge is 2.16. The molecule has 4 nitrogen and oxygen atoms in total. The summed E-state index contributed by atoms with van der Waals surface area (Å²) in [7, 11) is 0. The summed E-state index contributed by atoms with van der Waals surface area (Å²) in [5.74, 6) is -1.61. The normalized spacial score (nSPS) is 10.8. The van der Waals surface area contributed by atoms with Crippen LogP contribution in [0.4, 0.5) is 14.5 Å². The van der Waals surface area contributed by atoms with E-state index in [4.69, 9.17) is 0 Å². The highest BCUT2D eigenvalue weighted by Crippen LogP contribution is 2.21. The molecular formula is C15H11F2N3O. The molecule has 1 amide bonds. The van der Waals surface area contributed by atoms with Gasteiger partial charge in [-0.05, 0) is 31.2 Å². The van der Waals surface area contributed by atoms with Gasteiger partial charge in [-0.2, -0.15) is 0 Å². The third kappa shape index (κ3) is 2.35. The van der Waals surface area contributed by atoms with Crippen molar-refractivity contribution in [2.45, 2.75) is 6.92 Å². The number of aromatic amines is 1. The summed E-state index contributed by atoms with van der Waals surface area (Å²) in [5.41, 5.74) is 0.935. The zero-order valence-electron chi connectivity index (χ0n) is 11.1. The summed E-state index contributed by atoms with van der Waals surface area (Å²) >= 11 is 0. The van der Waals surface area contributed by atoms with Gasteiger partial charge in [0, 0.05) is 0 Å². The van der Waals surface area contributed by atoms with Crippen molar-refractivity contribution in [1.29, 1.82) is 0 Å². The molecule has 0 saturated heterocycles. The Kier molecular flexibility index (Phi) is 3.13. The first-order valence-corrected chi connectivity index (χ1v) is 6.27. The van der Waals surface area contributed by atoms with Crippen molar-refractivity contribution in [3.63, 3.8) is 0 Å². The predicted octanol–water partition coefficient (Wildman–Crippen LogP) is 3.40. The van der Waals surface area contributed by atoms with Crippen LogP contribution >= 0.6 is 0 Å². The highest BCUT2D eigenvalue weighted by molar-refractivity contribution is 6.11. The Morgan fingerprint density at radius 2 is 1.81 bits per heavy atom. The molecule has 0 spiro atoms. The molecule has 2 N–H and O–H groups in total. The van der Waals surface area contributed by atoms with Crippen LogP contribution in [0.25, 0.3) is 11.0 Å². The first-order valence-electron chi connectivity index (χ1n) is 6.27. The summed E-state index contributed by atoms with van der Waals surface area (Å²) in [4.78, 5) is 19.5. The molecule has 0 atom stereocenters. The van der Waals surface area contributed by atoms with E-state index >= 15 is 0 Å². The molecule has 3 rings (SSSR count). The number of aromatic nitrogens is 2. The molecule has 21 heavy (non-hydrogen) atoms. The maximum absolute atomic E-state index is 13.6. The number of anilines is 1. The van der Waals surface area contributed by atoms with Crippen LogP contribution in [0.3, 0.4) is 0 Å². The second-order valence-corrected chi connectivity index (χ2v) is 4.57. The number of carbonyl (C=O) groups excluding carboxylic acids is 1. The molecule has 6 heteroatoms. The van der Waals surface area contributed by atoms with Crippen molar-refractivity contribution in [3.8, 4) is 0 Å². The fourth-order valence-corrected chi connectivity index (χ4v) is 2.14. The van der Waals surface area contributed by atoms with E-state index in [9.17, 15) is 13.6 Å². The summed E-state index contributed by atoms with van der Waals surface area (Å²) in [6.45, 7) is 1.76. The van der Waals surface area contributed by atoms with Crippen LogP contribution in [0, 0.1) is 18.6 Å². The van der Waals surface area contributed by atoms with Gasteiger partial charge in [-0.25, -0.2) is 13.8 Å². The third-order valence-electron chi connectivity index (χ3n) is 3.08. The van der Waals surface area contributed by atoms with Crippen molar-refractivity contribution in [3.05, 3.63) is 59.4 Å². The maximum atomic E-state index is 13.6. The van der Waals surface area contributed by atoms with Gasteiger partial charge >= 0.3 is 0 Å². The second kappa shape index (κ2) is 4.97. The van der Waals surface area contributed by atoms with E-state index in [1.807, 2.05) is 0 Å². The molecule has 106 valence electrons. The van der Waals surface area contributed by atoms with Crippen LogP contribution in [0.1, 0.15) is 16.2 Å². The molecule has 0 radical (unpaired) electrons. The molecular weight excluding hydrogens is 276 g/mol. The molecule has 0 saturated carbocycles. The average molecular weight is 287 g/mol. The monoisotopic (exact) mass is 287 g/mol. The predicted molar refractivity (Wildman–Crippen MR) is 75.1 cm³/mol. The van der Waals surface area contributed by atoms with Gasteiger partial charge in [0.1, 0.15) is 28.7 Å². The van der Waals surface area contributed by atoms with Gasteiger partial charge in [0.15, 0.2) is 0 Å². The van der Waals surface area contributed by atoms with E-state index in [0.29, 0.717) is 16.9 Å². The minimum atomic E-state index is -0.825. The average Bonchev–Trinajstić information content (AvgIpc) is 2.82. The Labute approximate surface area is 118 Å². The van der Waals surface area contributed by atoms with Gasteiger partial charge in [-0.3, -0.25) is 4.79 Å². The van der Waals surface area contributed by atoms with Crippen LogP contribution in [0.15, 0.2) is 36.4 Å². The molecule has 0 fully saturated rings. The summed E-state index contributed by atoms with van der Waals surface area (Å²) in [6, 6.07) is 8.40. The van der Waals surface area contributed by atoms with E-state index in [2.05, 4.69) is 15.3 Å². The van der Waals surface area contributed by atoms with Gasteiger partial charge in [-0.1, -0.05) is 12.1 Å². The number of hydrogen-bond donors (Lipinski definition) is 2. The SMILES string of the molecule is Cc1nc2c(C(=O)Nc3c(F)cccc3F)cccc2[nH]1. The van der Waals surface area contributed by atoms with E-state index in [1.54, 1.807) is 25.1 Å². The van der Waals surface area contributed by atoms with Gasteiger partial charge < -0.3 is 10.3 Å². The van der Waals surface area contributed by atoms with E-state index in [0.717, 1.165) is 12.1 Å². The zero-order valence-corrected chi connectivity index (χ0v) is 11.1. The number of halogens is 2. The number of H-pyrrole nitrogens is 1. The molecule has 0 bridgehead atoms. The number of nitrogens with zero attached hydrogens (tertiary/aromatic N) is 1. The number of para-hydroxylation sites is 2. The number of hydrogen-bond acceptors (Lipinski definition) is 2. The fourth-order valence-electron chi connectivity index (χ4n) is 2.14. The van der Waals surface area contributed by atoms with Crippen LogP contribution in [0.5, 0.6) is 0 Å². The lowest BCUT2D eigenvalue weighted by Gasteiger charge is -2.07. The van der Waals surface area contributed by atoms with Crippen LogP contribution in [0.2, 0.25) is 0 Å². The number of carbonyl (C=O) groups is 1. The quantitative estimate of drug-likeness (QED) is 0.759. The van der Waals surface area contributed by atoms with Gasteiger partial charge in [0.25, 0.3) is 5.91 Å². The standard InChI is InChI=1S/C15H11F2N3O/c1-8-18-12-7-2-4-9(13(12)19-8)15(21)20-14-10(16)5-3-6-11(14)17/h2-7H,1H3,(H,18,19)(H,20,21). The third-order valence-corrected chi connectivity index (χ3v) is 3.08. The Morgan fingerprint density at radius 3 is 2.52 bits per heavy atom. The highest BCUT2D eigenvalue weighted by atomic mass is 19.1. The maximum Gasteiger partial charge on any atom is 0.258 e. The van der Waals surface area contributed by atoms with Crippen molar-refractivity contribution in [2.24, 2.45) is 0 Å². The van der Waals surface area contributed by atoms with Crippen LogP contribution < -0.4 is 5.32 Å². The largest absolute Gasteiger partial charge is 0.342 e. The van der Waals surface area contributed by atoms with E-state index in [1.165, 1.54) is 6.07 Å². The van der Waals surface area contributed by atoms with Gasteiger partial charge in [-0.15, -0.1) is 0 Å². The topological polar surface area (TPSA) is 57.8 Å². The summed E-state index contributed by atoms with van der Waals surface area (Å²) in [6.07, 6.45) is 0. The number of amides is 1. The fraction of sp³-hybridized carbons (Fsp3) is 0.0667. The Bertz CT molecular complexity index is 822. The number of rotatable bonds is 2. The number of nitrogens with one attached hydrogen (secondary N) is 2. The molecule has 1 aromatic heterocycles. The number of aryl methyl sites for hydroxylation is 1. The molecule has 1 heterocycles. The number of fused-ring (bicyclic) bond motifs is 1. The van der Waals surface area contributed by atoms with Crippen LogP contribution in [-0.2, 0) is 0 Å². The number of imidazole rings is 1. The zero-order chi connectivity index (χ0) is 15.0. The van der Waals surface area contributed by atoms with Crippen molar-refractivity contribution in [1.82, 2.24) is 9.97 Å². The van der Waals surface area contributed by atoms with Crippen molar-refractivity contribution in [2.75, 3.05) is 5.32 Å². The van der Waals surface area contributed by atoms with E-state index in [-0.39, 0.29) is 5.56 Å². The Morgan fingerprint density at radius 1 is 1.14 bits per heavy atom. The summed E-state index contributed by atoms with van der Waals surface area (Å²) < 4.78 is 27.1. The van der Waals surface area contributed by atoms with Gasteiger partial charge in [0.2, 0.25) is 0 Å². The van der Waals surface area contributed by atoms with Crippen molar-refractivity contribution < 1.29 is 13.6 Å². The smallest absolute Gasteiger partial charge is 0.258 e. The minimum absolute atomic E-state index is 0.250. The molecule has 0 aliphatic carbocycles. The molecule has 0 unspecified atom stereocenters. The summed E-state index contributed by atoms with van der Waals surface area (Å²) in [5, 5.41) is 2.25. The van der Waals surface area contributed by atoms with Gasteiger partial charge in [0.05, 0.1) is 11.1 Å². The molecule has 2 aromatic carbocycles. The lowest BCUT2D eigenvalue weighted by molar-refractivity contribution is 0.102. The second-order valence-electron chi connectivity index (χ2n) is 4.57. The Balaban J connectivity index is 2.01. The first-order chi connectivity index (χ1) is 10.1. The van der Waals surface area contributed by atoms with E-state index < -0.39 is 23.2 Å². The lowest BCUT2D eigenvalue weighted by Crippen LogP contribution is -2.14. The number of benzene rings is 2. The van der Waals surface area contributed by atoms with Crippen molar-refractivity contribution >= 4 is 22.6 Å². The first kappa shape index (κ1) is 13.2. The molecule has 0 aliphatic rings. The van der Waals surface area contributed by atoms with Crippen LogP contribution in [-0.4, -0.2) is 15.9 Å².